The summed E-state index contributed by atoms with van der Waals surface area (Å²) < 4.78 is 18.6. The average Bonchev–Trinajstić information content (AvgIpc) is 2.38. The van der Waals surface area contributed by atoms with Crippen molar-refractivity contribution in [1.29, 1.82) is 0 Å². The van der Waals surface area contributed by atoms with Crippen LogP contribution in [0.4, 0.5) is 4.39 Å². The summed E-state index contributed by atoms with van der Waals surface area (Å²) in [5.74, 6) is -0.113. The van der Waals surface area contributed by atoms with E-state index in [1.165, 1.54) is 6.07 Å². The second-order valence-electron chi connectivity index (χ2n) is 3.69. The van der Waals surface area contributed by atoms with Gasteiger partial charge in [-0.2, -0.15) is 0 Å². The molecule has 88 valence electrons. The standard InChI is InChI=1S/C14H13FO2/c15-13-3-1-2-4-14(13)17-10-12-7-5-11(9-16)6-8-12/h1-8,16H,9-10H2. The zero-order valence-corrected chi connectivity index (χ0v) is 9.27. The Morgan fingerprint density at radius 2 is 1.59 bits per heavy atom. The van der Waals surface area contributed by atoms with Crippen molar-refractivity contribution in [2.75, 3.05) is 0 Å². The third-order valence-corrected chi connectivity index (χ3v) is 2.44. The molecule has 3 heteroatoms. The molecule has 0 fully saturated rings. The van der Waals surface area contributed by atoms with Crippen LogP contribution in [0.25, 0.3) is 0 Å². The minimum atomic E-state index is -0.362. The van der Waals surface area contributed by atoms with Crippen LogP contribution in [0.5, 0.6) is 5.75 Å². The lowest BCUT2D eigenvalue weighted by Crippen LogP contribution is -1.97. The first kappa shape index (κ1) is 11.6. The Labute approximate surface area is 99.3 Å². The van der Waals surface area contributed by atoms with Crippen LogP contribution in [-0.2, 0) is 13.2 Å². The van der Waals surface area contributed by atoms with Crippen LogP contribution in [-0.4, -0.2) is 5.11 Å². The molecule has 0 radical (unpaired) electrons. The van der Waals surface area contributed by atoms with E-state index in [0.29, 0.717) is 6.61 Å². The lowest BCUT2D eigenvalue weighted by molar-refractivity contribution is 0.280. The highest BCUT2D eigenvalue weighted by Gasteiger charge is 2.01. The van der Waals surface area contributed by atoms with Gasteiger partial charge in [0.2, 0.25) is 0 Å². The molecule has 0 spiro atoms. The first-order valence-corrected chi connectivity index (χ1v) is 5.35. The van der Waals surface area contributed by atoms with Gasteiger partial charge in [-0.25, -0.2) is 4.39 Å². The summed E-state index contributed by atoms with van der Waals surface area (Å²) in [6, 6.07) is 13.7. The lowest BCUT2D eigenvalue weighted by Gasteiger charge is -2.07. The van der Waals surface area contributed by atoms with Crippen molar-refractivity contribution in [3.8, 4) is 5.75 Å². The Morgan fingerprint density at radius 1 is 0.941 bits per heavy atom. The summed E-state index contributed by atoms with van der Waals surface area (Å²) >= 11 is 0. The molecule has 2 aromatic rings. The van der Waals surface area contributed by atoms with Crippen molar-refractivity contribution in [2.24, 2.45) is 0 Å². The van der Waals surface area contributed by atoms with E-state index in [2.05, 4.69) is 0 Å². The maximum Gasteiger partial charge on any atom is 0.165 e. The molecule has 17 heavy (non-hydrogen) atoms. The molecule has 2 rings (SSSR count). The van der Waals surface area contributed by atoms with Gasteiger partial charge in [-0.3, -0.25) is 0 Å². The molecule has 1 N–H and O–H groups in total. The van der Waals surface area contributed by atoms with E-state index < -0.39 is 0 Å². The molecule has 0 atom stereocenters. The van der Waals surface area contributed by atoms with Gasteiger partial charge in [0.1, 0.15) is 6.61 Å². The largest absolute Gasteiger partial charge is 0.486 e. The Balaban J connectivity index is 2.00. The van der Waals surface area contributed by atoms with E-state index in [9.17, 15) is 4.39 Å². The Bertz CT molecular complexity index is 480. The lowest BCUT2D eigenvalue weighted by atomic mass is 10.1. The molecule has 2 nitrogen and oxygen atoms in total. The van der Waals surface area contributed by atoms with Crippen molar-refractivity contribution < 1.29 is 14.2 Å². The zero-order valence-electron chi connectivity index (χ0n) is 9.27. The molecule has 0 heterocycles. The number of halogens is 1. The SMILES string of the molecule is OCc1ccc(COc2ccccc2F)cc1. The monoisotopic (exact) mass is 232 g/mol. The highest BCUT2D eigenvalue weighted by atomic mass is 19.1. The van der Waals surface area contributed by atoms with Crippen LogP contribution in [0.1, 0.15) is 11.1 Å². The highest BCUT2D eigenvalue weighted by Crippen LogP contribution is 2.17. The predicted molar refractivity (Wildman–Crippen MR) is 63.1 cm³/mol. The number of rotatable bonds is 4. The van der Waals surface area contributed by atoms with Crippen LogP contribution < -0.4 is 4.74 Å². The van der Waals surface area contributed by atoms with Crippen molar-refractivity contribution in [2.45, 2.75) is 13.2 Å². The quantitative estimate of drug-likeness (QED) is 0.878. The fourth-order valence-corrected chi connectivity index (χ4v) is 1.46. The number of para-hydroxylation sites is 1. The Kier molecular flexibility index (Phi) is 3.73. The van der Waals surface area contributed by atoms with Crippen LogP contribution in [0.15, 0.2) is 48.5 Å². The Morgan fingerprint density at radius 3 is 2.24 bits per heavy atom. The molecule has 0 aliphatic heterocycles. The topological polar surface area (TPSA) is 29.5 Å². The van der Waals surface area contributed by atoms with Crippen molar-refractivity contribution >= 4 is 0 Å². The maximum absolute atomic E-state index is 13.3. The van der Waals surface area contributed by atoms with Gasteiger partial charge in [0.15, 0.2) is 11.6 Å². The number of hydrogen-bond acceptors (Lipinski definition) is 2. The molecule has 2 aromatic carbocycles. The molecule has 0 saturated heterocycles. The van der Waals surface area contributed by atoms with Gasteiger partial charge in [0, 0.05) is 0 Å². The van der Waals surface area contributed by atoms with E-state index in [4.69, 9.17) is 9.84 Å². The summed E-state index contributed by atoms with van der Waals surface area (Å²) in [4.78, 5) is 0. The fraction of sp³-hybridized carbons (Fsp3) is 0.143. The van der Waals surface area contributed by atoms with E-state index in [0.717, 1.165) is 11.1 Å². The number of aliphatic hydroxyl groups is 1. The van der Waals surface area contributed by atoms with Crippen LogP contribution in [0, 0.1) is 5.82 Å². The number of benzene rings is 2. The minimum absolute atomic E-state index is 0.0223. The van der Waals surface area contributed by atoms with Crippen molar-refractivity contribution in [3.05, 3.63) is 65.5 Å². The molecular weight excluding hydrogens is 219 g/mol. The maximum atomic E-state index is 13.3. The zero-order chi connectivity index (χ0) is 12.1. The number of aliphatic hydroxyl groups excluding tert-OH is 1. The predicted octanol–water partition coefficient (Wildman–Crippen LogP) is 2.90. The normalized spacial score (nSPS) is 10.2. The van der Waals surface area contributed by atoms with E-state index in [1.807, 2.05) is 24.3 Å². The van der Waals surface area contributed by atoms with Crippen molar-refractivity contribution in [1.82, 2.24) is 0 Å². The molecule has 0 amide bonds. The fourth-order valence-electron chi connectivity index (χ4n) is 1.46. The third-order valence-electron chi connectivity index (χ3n) is 2.44. The summed E-state index contributed by atoms with van der Waals surface area (Å²) in [7, 11) is 0. The molecule has 0 saturated carbocycles. The van der Waals surface area contributed by atoms with Gasteiger partial charge in [-0.1, -0.05) is 36.4 Å². The molecule has 0 unspecified atom stereocenters. The molecule has 0 bridgehead atoms. The van der Waals surface area contributed by atoms with Crippen LogP contribution in [0.3, 0.4) is 0 Å². The summed E-state index contributed by atoms with van der Waals surface area (Å²) in [5, 5.41) is 8.89. The van der Waals surface area contributed by atoms with E-state index in [-0.39, 0.29) is 18.2 Å². The third kappa shape index (κ3) is 3.04. The van der Waals surface area contributed by atoms with E-state index in [1.54, 1.807) is 18.2 Å². The number of hydrogen-bond donors (Lipinski definition) is 1. The van der Waals surface area contributed by atoms with Crippen LogP contribution in [0.2, 0.25) is 0 Å². The van der Waals surface area contributed by atoms with Gasteiger partial charge in [0.25, 0.3) is 0 Å². The highest BCUT2D eigenvalue weighted by molar-refractivity contribution is 5.25. The summed E-state index contributed by atoms with van der Waals surface area (Å²) in [6.45, 7) is 0.334. The van der Waals surface area contributed by atoms with Gasteiger partial charge < -0.3 is 9.84 Å². The molecular formula is C14H13FO2. The number of ether oxygens (including phenoxy) is 1. The molecule has 0 aliphatic carbocycles. The van der Waals surface area contributed by atoms with Gasteiger partial charge >= 0.3 is 0 Å². The first-order chi connectivity index (χ1) is 8.29. The van der Waals surface area contributed by atoms with Gasteiger partial charge in [-0.15, -0.1) is 0 Å². The second kappa shape index (κ2) is 5.46. The minimum Gasteiger partial charge on any atom is -0.486 e. The second-order valence-corrected chi connectivity index (χ2v) is 3.69. The Hall–Kier alpha value is -1.87. The summed E-state index contributed by atoms with van der Waals surface area (Å²) in [6.07, 6.45) is 0. The van der Waals surface area contributed by atoms with Crippen LogP contribution >= 0.6 is 0 Å². The molecule has 0 aromatic heterocycles. The first-order valence-electron chi connectivity index (χ1n) is 5.35. The summed E-state index contributed by atoms with van der Waals surface area (Å²) in [5.41, 5.74) is 1.78. The molecule has 0 aliphatic rings. The van der Waals surface area contributed by atoms with E-state index >= 15 is 0 Å². The van der Waals surface area contributed by atoms with Crippen molar-refractivity contribution in [3.63, 3.8) is 0 Å². The van der Waals surface area contributed by atoms with Gasteiger partial charge in [0.05, 0.1) is 6.61 Å². The van der Waals surface area contributed by atoms with Gasteiger partial charge in [-0.05, 0) is 23.3 Å². The smallest absolute Gasteiger partial charge is 0.165 e. The average molecular weight is 232 g/mol.